The molecule has 6 nitrogen and oxygen atoms in total. The van der Waals surface area contributed by atoms with E-state index >= 15 is 0 Å². The van der Waals surface area contributed by atoms with Crippen molar-refractivity contribution in [2.45, 2.75) is 11.8 Å². The molecular formula is C16H14BrNO5S. The summed E-state index contributed by atoms with van der Waals surface area (Å²) in [5.41, 5.74) is 0.531. The van der Waals surface area contributed by atoms with Crippen LogP contribution in [0.2, 0.25) is 0 Å². The van der Waals surface area contributed by atoms with Crippen molar-refractivity contribution >= 4 is 43.4 Å². The van der Waals surface area contributed by atoms with Gasteiger partial charge in [-0.25, -0.2) is 13.2 Å². The van der Waals surface area contributed by atoms with E-state index in [1.165, 1.54) is 43.3 Å². The van der Waals surface area contributed by atoms with E-state index in [0.29, 0.717) is 5.69 Å². The summed E-state index contributed by atoms with van der Waals surface area (Å²) in [6.07, 6.45) is 0. The minimum atomic E-state index is -3.72. The average molecular weight is 412 g/mol. The maximum Gasteiger partial charge on any atom is 0.338 e. The van der Waals surface area contributed by atoms with Crippen molar-refractivity contribution in [1.82, 2.24) is 0 Å². The minimum Gasteiger partial charge on any atom is -0.454 e. The van der Waals surface area contributed by atoms with Crippen molar-refractivity contribution in [3.05, 3.63) is 58.6 Å². The van der Waals surface area contributed by atoms with Gasteiger partial charge >= 0.3 is 5.97 Å². The van der Waals surface area contributed by atoms with Gasteiger partial charge in [0.25, 0.3) is 10.0 Å². The third-order valence-corrected chi connectivity index (χ3v) is 4.83. The van der Waals surface area contributed by atoms with Crippen molar-refractivity contribution in [2.75, 3.05) is 11.3 Å². The second-order valence-corrected chi connectivity index (χ2v) is 7.51. The summed E-state index contributed by atoms with van der Waals surface area (Å²) in [7, 11) is -3.72. The highest BCUT2D eigenvalue weighted by atomic mass is 79.9. The Morgan fingerprint density at radius 3 is 2.17 bits per heavy atom. The van der Waals surface area contributed by atoms with Crippen LogP contribution in [0.5, 0.6) is 0 Å². The lowest BCUT2D eigenvalue weighted by Gasteiger charge is -2.09. The van der Waals surface area contributed by atoms with E-state index in [-0.39, 0.29) is 22.8 Å². The summed E-state index contributed by atoms with van der Waals surface area (Å²) in [6, 6.07) is 11.9. The van der Waals surface area contributed by atoms with Gasteiger partial charge < -0.3 is 4.74 Å². The first-order chi connectivity index (χ1) is 11.3. The van der Waals surface area contributed by atoms with Gasteiger partial charge in [0.05, 0.1) is 10.5 Å². The first kappa shape index (κ1) is 18.2. The van der Waals surface area contributed by atoms with Crippen molar-refractivity contribution < 1.29 is 22.7 Å². The lowest BCUT2D eigenvalue weighted by Crippen LogP contribution is -2.13. The van der Waals surface area contributed by atoms with Crippen LogP contribution in [-0.4, -0.2) is 26.8 Å². The third kappa shape index (κ3) is 4.90. The maximum atomic E-state index is 12.3. The molecule has 0 aliphatic rings. The Balaban J connectivity index is 2.09. The SMILES string of the molecule is CC(=O)COC(=O)c1ccc(NS(=O)(=O)c2ccc(Br)cc2)cc1. The summed E-state index contributed by atoms with van der Waals surface area (Å²) < 4.78 is 32.5. The standard InChI is InChI=1S/C16H14BrNO5S/c1-11(19)10-23-16(20)12-2-6-14(7-3-12)18-24(21,22)15-8-4-13(17)5-9-15/h2-9,18H,10H2,1H3. The van der Waals surface area contributed by atoms with Crippen molar-refractivity contribution in [2.24, 2.45) is 0 Å². The van der Waals surface area contributed by atoms with Crippen molar-refractivity contribution in [3.63, 3.8) is 0 Å². The maximum absolute atomic E-state index is 12.3. The average Bonchev–Trinajstić information content (AvgIpc) is 2.53. The molecular weight excluding hydrogens is 398 g/mol. The quantitative estimate of drug-likeness (QED) is 0.737. The highest BCUT2D eigenvalue weighted by Gasteiger charge is 2.14. The second-order valence-electron chi connectivity index (χ2n) is 4.91. The van der Waals surface area contributed by atoms with Gasteiger partial charge in [0, 0.05) is 10.2 Å². The summed E-state index contributed by atoms with van der Waals surface area (Å²) in [4.78, 5) is 22.6. The molecule has 2 rings (SSSR count). The molecule has 0 aromatic heterocycles. The number of rotatable bonds is 6. The molecule has 0 aliphatic carbocycles. The number of Topliss-reactive ketones (excluding diaryl/α,β-unsaturated/α-hetero) is 1. The Hall–Kier alpha value is -2.19. The van der Waals surface area contributed by atoms with Crippen LogP contribution in [0.1, 0.15) is 17.3 Å². The van der Waals surface area contributed by atoms with E-state index in [2.05, 4.69) is 20.7 Å². The van der Waals surface area contributed by atoms with Crippen LogP contribution in [0.25, 0.3) is 0 Å². The smallest absolute Gasteiger partial charge is 0.338 e. The van der Waals surface area contributed by atoms with Gasteiger partial charge in [0.1, 0.15) is 6.61 Å². The number of hydrogen-bond acceptors (Lipinski definition) is 5. The van der Waals surface area contributed by atoms with E-state index in [0.717, 1.165) is 4.47 Å². The minimum absolute atomic E-state index is 0.121. The Labute approximate surface area is 148 Å². The number of ketones is 1. The zero-order chi connectivity index (χ0) is 17.7. The molecule has 126 valence electrons. The molecule has 0 amide bonds. The first-order valence-electron chi connectivity index (χ1n) is 6.83. The Morgan fingerprint density at radius 2 is 1.62 bits per heavy atom. The molecule has 0 spiro atoms. The molecule has 1 N–H and O–H groups in total. The van der Waals surface area contributed by atoms with Crippen LogP contribution in [0.3, 0.4) is 0 Å². The second kappa shape index (κ2) is 7.59. The van der Waals surface area contributed by atoms with E-state index in [1.54, 1.807) is 12.1 Å². The number of ether oxygens (including phenoxy) is 1. The molecule has 0 saturated carbocycles. The summed E-state index contributed by atoms with van der Waals surface area (Å²) in [6.45, 7) is 1.02. The molecule has 0 radical (unpaired) electrons. The molecule has 2 aromatic carbocycles. The van der Waals surface area contributed by atoms with Crippen molar-refractivity contribution in [1.29, 1.82) is 0 Å². The van der Waals surface area contributed by atoms with Crippen LogP contribution in [0.15, 0.2) is 57.9 Å². The van der Waals surface area contributed by atoms with Crippen molar-refractivity contribution in [3.8, 4) is 0 Å². The predicted octanol–water partition coefficient (Wildman–Crippen LogP) is 3.00. The molecule has 0 aliphatic heterocycles. The number of hydrogen-bond donors (Lipinski definition) is 1. The zero-order valence-electron chi connectivity index (χ0n) is 12.7. The van der Waals surface area contributed by atoms with Gasteiger partial charge in [-0.1, -0.05) is 15.9 Å². The van der Waals surface area contributed by atoms with E-state index in [1.807, 2.05) is 0 Å². The fourth-order valence-electron chi connectivity index (χ4n) is 1.75. The van der Waals surface area contributed by atoms with Crippen LogP contribution < -0.4 is 4.72 Å². The van der Waals surface area contributed by atoms with Crippen LogP contribution in [0.4, 0.5) is 5.69 Å². The fraction of sp³-hybridized carbons (Fsp3) is 0.125. The van der Waals surface area contributed by atoms with Gasteiger partial charge in [-0.15, -0.1) is 0 Å². The van der Waals surface area contributed by atoms with Crippen LogP contribution in [-0.2, 0) is 19.6 Å². The first-order valence-corrected chi connectivity index (χ1v) is 9.10. The zero-order valence-corrected chi connectivity index (χ0v) is 15.1. The third-order valence-electron chi connectivity index (χ3n) is 2.90. The molecule has 0 heterocycles. The van der Waals surface area contributed by atoms with E-state index in [9.17, 15) is 18.0 Å². The number of nitrogens with one attached hydrogen (secondary N) is 1. The molecule has 24 heavy (non-hydrogen) atoms. The Kier molecular flexibility index (Phi) is 5.74. The van der Waals surface area contributed by atoms with Gasteiger partial charge in [0.2, 0.25) is 0 Å². The largest absolute Gasteiger partial charge is 0.454 e. The lowest BCUT2D eigenvalue weighted by atomic mass is 10.2. The van der Waals surface area contributed by atoms with Crippen LogP contribution in [0, 0.1) is 0 Å². The lowest BCUT2D eigenvalue weighted by molar-refractivity contribution is -0.120. The van der Waals surface area contributed by atoms with Gasteiger partial charge in [-0.2, -0.15) is 0 Å². The molecule has 0 bridgehead atoms. The molecule has 0 saturated heterocycles. The van der Waals surface area contributed by atoms with E-state index in [4.69, 9.17) is 4.74 Å². The predicted molar refractivity (Wildman–Crippen MR) is 92.4 cm³/mol. The number of sulfonamides is 1. The summed E-state index contributed by atoms with van der Waals surface area (Å²) in [5, 5.41) is 0. The number of anilines is 1. The Morgan fingerprint density at radius 1 is 1.04 bits per heavy atom. The molecule has 0 unspecified atom stereocenters. The Bertz CT molecular complexity index is 845. The van der Waals surface area contributed by atoms with Gasteiger partial charge in [-0.05, 0) is 55.5 Å². The molecule has 8 heteroatoms. The molecule has 0 fully saturated rings. The molecule has 0 atom stereocenters. The number of carbonyl (C=O) groups excluding carboxylic acids is 2. The highest BCUT2D eigenvalue weighted by molar-refractivity contribution is 9.10. The molecule has 2 aromatic rings. The fourth-order valence-corrected chi connectivity index (χ4v) is 3.08. The van der Waals surface area contributed by atoms with E-state index < -0.39 is 16.0 Å². The number of esters is 1. The monoisotopic (exact) mass is 411 g/mol. The summed E-state index contributed by atoms with van der Waals surface area (Å²) >= 11 is 3.24. The number of halogens is 1. The van der Waals surface area contributed by atoms with Gasteiger partial charge in [-0.3, -0.25) is 9.52 Å². The topological polar surface area (TPSA) is 89.5 Å². The number of carbonyl (C=O) groups is 2. The normalized spacial score (nSPS) is 10.9. The highest BCUT2D eigenvalue weighted by Crippen LogP contribution is 2.19. The number of benzene rings is 2. The van der Waals surface area contributed by atoms with Crippen LogP contribution >= 0.6 is 15.9 Å². The summed E-state index contributed by atoms with van der Waals surface area (Å²) in [5.74, 6) is -0.908. The van der Waals surface area contributed by atoms with Gasteiger partial charge in [0.15, 0.2) is 5.78 Å².